The summed E-state index contributed by atoms with van der Waals surface area (Å²) in [6.07, 6.45) is 2.44. The number of rotatable bonds is 6. The van der Waals surface area contributed by atoms with E-state index in [0.717, 1.165) is 90.8 Å². The third kappa shape index (κ3) is 5.03. The Morgan fingerprint density at radius 1 is 0.897 bits per heavy atom. The van der Waals surface area contributed by atoms with Crippen molar-refractivity contribution in [3.05, 3.63) is 68.8 Å². The second-order valence-corrected chi connectivity index (χ2v) is 12.1. The maximum Gasteiger partial charge on any atom is 0.338 e. The van der Waals surface area contributed by atoms with E-state index < -0.39 is 18.5 Å². The van der Waals surface area contributed by atoms with Crippen molar-refractivity contribution in [3.8, 4) is 0 Å². The molecule has 39 heavy (non-hydrogen) atoms. The molecule has 0 aliphatic carbocycles. The first-order valence-corrected chi connectivity index (χ1v) is 14.3. The number of benzene rings is 2. The number of aliphatic hydroxyl groups excluding tert-OH is 3. The summed E-state index contributed by atoms with van der Waals surface area (Å²) in [5.41, 5.74) is 7.24. The number of hydrogen-bond donors (Lipinski definition) is 3. The smallest absolute Gasteiger partial charge is 0.338 e. The van der Waals surface area contributed by atoms with E-state index in [0.29, 0.717) is 25.3 Å². The molecule has 2 saturated heterocycles. The van der Waals surface area contributed by atoms with Gasteiger partial charge in [0.1, 0.15) is 6.61 Å². The number of piperidine rings is 2. The molecule has 1 spiro atoms. The van der Waals surface area contributed by atoms with Crippen LogP contribution in [-0.2, 0) is 22.7 Å². The quantitative estimate of drug-likeness (QED) is 0.483. The summed E-state index contributed by atoms with van der Waals surface area (Å²) in [5, 5.41) is 32.4. The third-order valence-electron chi connectivity index (χ3n) is 9.60. The number of aliphatic hydroxyl groups is 3. The van der Waals surface area contributed by atoms with Crippen molar-refractivity contribution in [3.63, 3.8) is 0 Å². The van der Waals surface area contributed by atoms with Crippen molar-refractivity contribution in [2.75, 3.05) is 39.3 Å². The molecule has 6 rings (SSSR count). The Bertz CT molecular complexity index is 1260. The molecule has 4 unspecified atom stereocenters. The molecule has 0 amide bonds. The molecule has 0 bridgehead atoms. The van der Waals surface area contributed by atoms with Crippen molar-refractivity contribution >= 4 is 5.97 Å². The number of esters is 1. The van der Waals surface area contributed by atoms with Crippen molar-refractivity contribution in [1.82, 2.24) is 9.80 Å². The second-order valence-electron chi connectivity index (χ2n) is 12.1. The highest BCUT2D eigenvalue weighted by Crippen LogP contribution is 2.40. The standard InChI is InChI=1S/C31H40N2O6/c1-19-21(5-7-23-25(19)15-38-29(23)36)27(34)13-32-11-3-9-31(17-32)10-4-12-33(18-31)14-28(35)22-6-8-24-26(20(22)2)16-39-30(24)37/h5-8,27-29,34-36H,3-4,9-18H2,1-2H3. The summed E-state index contributed by atoms with van der Waals surface area (Å²) in [4.78, 5) is 16.7. The molecule has 8 nitrogen and oxygen atoms in total. The fraction of sp³-hybridized carbons (Fsp3) is 0.581. The summed E-state index contributed by atoms with van der Waals surface area (Å²) in [6, 6.07) is 7.48. The number of hydrogen-bond acceptors (Lipinski definition) is 8. The van der Waals surface area contributed by atoms with Gasteiger partial charge in [0.05, 0.1) is 24.4 Å². The molecule has 8 heteroatoms. The Balaban J connectivity index is 1.10. The number of carbonyl (C=O) groups is 1. The fourth-order valence-corrected chi connectivity index (χ4v) is 7.51. The maximum absolute atomic E-state index is 11.9. The lowest BCUT2D eigenvalue weighted by Crippen LogP contribution is -2.53. The van der Waals surface area contributed by atoms with E-state index in [2.05, 4.69) is 9.80 Å². The van der Waals surface area contributed by atoms with E-state index in [1.54, 1.807) is 6.07 Å². The summed E-state index contributed by atoms with van der Waals surface area (Å²) in [7, 11) is 0. The van der Waals surface area contributed by atoms with Crippen LogP contribution in [0.1, 0.15) is 93.5 Å². The third-order valence-corrected chi connectivity index (χ3v) is 9.60. The number of β-amino-alcohol motifs (C(OH)–C–C–N with tert-alkyl or cyclic N) is 2. The summed E-state index contributed by atoms with van der Waals surface area (Å²) in [5.74, 6) is -0.279. The Kier molecular flexibility index (Phi) is 7.29. The molecule has 2 aromatic carbocycles. The summed E-state index contributed by atoms with van der Waals surface area (Å²) in [6.45, 7) is 9.63. The minimum Gasteiger partial charge on any atom is -0.457 e. The minimum absolute atomic E-state index is 0.161. The van der Waals surface area contributed by atoms with Crippen molar-refractivity contribution in [1.29, 1.82) is 0 Å². The average Bonchev–Trinajstić information content (AvgIpc) is 3.48. The molecule has 2 fully saturated rings. The molecular formula is C31H40N2O6. The van der Waals surface area contributed by atoms with Crippen molar-refractivity contribution in [2.45, 2.75) is 71.2 Å². The van der Waals surface area contributed by atoms with Gasteiger partial charge in [-0.25, -0.2) is 4.79 Å². The van der Waals surface area contributed by atoms with Crippen LogP contribution in [0.25, 0.3) is 0 Å². The van der Waals surface area contributed by atoms with Gasteiger partial charge in [0.15, 0.2) is 6.29 Å². The number of ether oxygens (including phenoxy) is 2. The SMILES string of the molecule is Cc1c(C(O)CN2CCCC3(CCCN(CC(O)c4ccc5c(c4C)COC5O)C3)C2)ccc2c1COC2=O. The van der Waals surface area contributed by atoms with Gasteiger partial charge in [0.25, 0.3) is 0 Å². The van der Waals surface area contributed by atoms with E-state index in [4.69, 9.17) is 9.47 Å². The number of nitrogens with zero attached hydrogens (tertiary/aromatic N) is 2. The minimum atomic E-state index is -0.871. The van der Waals surface area contributed by atoms with E-state index in [1.165, 1.54) is 0 Å². The Labute approximate surface area is 230 Å². The lowest BCUT2D eigenvalue weighted by atomic mass is 9.73. The molecule has 4 heterocycles. The van der Waals surface area contributed by atoms with Gasteiger partial charge in [-0.05, 0) is 91.9 Å². The number of cyclic esters (lactones) is 1. The highest BCUT2D eigenvalue weighted by atomic mass is 16.6. The van der Waals surface area contributed by atoms with Crippen LogP contribution in [0, 0.1) is 19.3 Å². The zero-order chi connectivity index (χ0) is 27.3. The summed E-state index contributed by atoms with van der Waals surface area (Å²) < 4.78 is 10.6. The van der Waals surface area contributed by atoms with E-state index in [9.17, 15) is 20.1 Å². The van der Waals surface area contributed by atoms with E-state index in [-0.39, 0.29) is 18.0 Å². The van der Waals surface area contributed by atoms with Crippen LogP contribution in [0.2, 0.25) is 0 Å². The van der Waals surface area contributed by atoms with Gasteiger partial charge in [-0.3, -0.25) is 9.80 Å². The van der Waals surface area contributed by atoms with Crippen LogP contribution in [-0.4, -0.2) is 70.4 Å². The number of carbonyl (C=O) groups excluding carboxylic acids is 1. The Hall–Kier alpha value is -2.33. The molecule has 3 N–H and O–H groups in total. The van der Waals surface area contributed by atoms with Gasteiger partial charge in [0.2, 0.25) is 0 Å². The molecule has 0 radical (unpaired) electrons. The first-order chi connectivity index (χ1) is 18.7. The monoisotopic (exact) mass is 536 g/mol. The van der Waals surface area contributed by atoms with Crippen LogP contribution in [0.5, 0.6) is 0 Å². The van der Waals surface area contributed by atoms with Gasteiger partial charge in [-0.2, -0.15) is 0 Å². The first kappa shape index (κ1) is 26.9. The molecule has 210 valence electrons. The molecular weight excluding hydrogens is 496 g/mol. The normalized spacial score (nSPS) is 26.9. The van der Waals surface area contributed by atoms with Crippen molar-refractivity contribution in [2.24, 2.45) is 5.41 Å². The van der Waals surface area contributed by atoms with Crippen molar-refractivity contribution < 1.29 is 29.6 Å². The van der Waals surface area contributed by atoms with Crippen LogP contribution < -0.4 is 0 Å². The predicted molar refractivity (Wildman–Crippen MR) is 145 cm³/mol. The lowest BCUT2D eigenvalue weighted by Gasteiger charge is -2.49. The van der Waals surface area contributed by atoms with Gasteiger partial charge in [0, 0.05) is 37.3 Å². The van der Waals surface area contributed by atoms with Crippen LogP contribution in [0.15, 0.2) is 24.3 Å². The maximum atomic E-state index is 11.9. The Morgan fingerprint density at radius 2 is 1.49 bits per heavy atom. The molecule has 0 saturated carbocycles. The average molecular weight is 537 g/mol. The van der Waals surface area contributed by atoms with Gasteiger partial charge in [-0.15, -0.1) is 0 Å². The highest BCUT2D eigenvalue weighted by Gasteiger charge is 2.40. The first-order valence-electron chi connectivity index (χ1n) is 14.3. The van der Waals surface area contributed by atoms with Crippen LogP contribution in [0.4, 0.5) is 0 Å². The zero-order valence-corrected chi connectivity index (χ0v) is 23.0. The molecule has 4 aliphatic rings. The largest absolute Gasteiger partial charge is 0.457 e. The number of fused-ring (bicyclic) bond motifs is 2. The van der Waals surface area contributed by atoms with E-state index >= 15 is 0 Å². The van der Waals surface area contributed by atoms with Gasteiger partial charge >= 0.3 is 5.97 Å². The molecule has 2 aromatic rings. The van der Waals surface area contributed by atoms with Gasteiger partial charge in [-0.1, -0.05) is 18.2 Å². The predicted octanol–water partition coefficient (Wildman–Crippen LogP) is 3.44. The lowest BCUT2D eigenvalue weighted by molar-refractivity contribution is -0.0918. The molecule has 4 aliphatic heterocycles. The fourth-order valence-electron chi connectivity index (χ4n) is 7.51. The zero-order valence-electron chi connectivity index (χ0n) is 23.0. The van der Waals surface area contributed by atoms with E-state index in [1.807, 2.05) is 32.0 Å². The number of likely N-dealkylation sites (tertiary alicyclic amines) is 2. The van der Waals surface area contributed by atoms with Gasteiger partial charge < -0.3 is 24.8 Å². The highest BCUT2D eigenvalue weighted by molar-refractivity contribution is 5.93. The van der Waals surface area contributed by atoms with Crippen LogP contribution >= 0.6 is 0 Å². The molecule has 4 atom stereocenters. The molecule has 0 aromatic heterocycles. The summed E-state index contributed by atoms with van der Waals surface area (Å²) >= 11 is 0. The topological polar surface area (TPSA) is 103 Å². The second kappa shape index (κ2) is 10.6. The Morgan fingerprint density at radius 3 is 2.13 bits per heavy atom. The van der Waals surface area contributed by atoms with Crippen LogP contribution in [0.3, 0.4) is 0 Å².